The molecule has 0 unspecified atom stereocenters. The van der Waals surface area contributed by atoms with Crippen LogP contribution in [0.1, 0.15) is 68.6 Å². The van der Waals surface area contributed by atoms with E-state index in [-0.39, 0.29) is 30.0 Å². The number of rotatable bonds is 7. The van der Waals surface area contributed by atoms with Crippen LogP contribution in [-0.2, 0) is 25.8 Å². The topological polar surface area (TPSA) is 82.5 Å². The number of halogens is 3. The first-order valence-corrected chi connectivity index (χ1v) is 11.5. The average Bonchev–Trinajstić information content (AvgIpc) is 3.19. The molecule has 0 saturated carbocycles. The molecule has 36 heavy (non-hydrogen) atoms. The normalized spacial score (nSPS) is 15.7. The van der Waals surface area contributed by atoms with Gasteiger partial charge in [-0.15, -0.1) is 0 Å². The number of nitrogens with one attached hydrogen (secondary N) is 1. The lowest BCUT2D eigenvalue weighted by Crippen LogP contribution is -2.25. The Morgan fingerprint density at radius 2 is 1.69 bits per heavy atom. The van der Waals surface area contributed by atoms with E-state index in [1.54, 1.807) is 18.3 Å². The molecule has 0 spiro atoms. The third-order valence-corrected chi connectivity index (χ3v) is 6.26. The van der Waals surface area contributed by atoms with Crippen molar-refractivity contribution in [3.05, 3.63) is 99.9 Å². The molecular formula is C27H26F3N3O3. The number of carboxylic acids is 1. The Kier molecular flexibility index (Phi) is 7.12. The molecule has 9 heteroatoms. The monoisotopic (exact) mass is 497 g/mol. The number of hydrogen-bond acceptors (Lipinski definition) is 4. The highest BCUT2D eigenvalue weighted by Gasteiger charge is 2.35. The smallest absolute Gasteiger partial charge is 0.416 e. The number of pyridine rings is 1. The molecule has 2 aromatic carbocycles. The minimum atomic E-state index is -4.37. The lowest BCUT2D eigenvalue weighted by atomic mass is 9.99. The van der Waals surface area contributed by atoms with Crippen molar-refractivity contribution in [3.63, 3.8) is 0 Å². The van der Waals surface area contributed by atoms with Crippen LogP contribution >= 0.6 is 0 Å². The van der Waals surface area contributed by atoms with Gasteiger partial charge in [0.1, 0.15) is 0 Å². The van der Waals surface area contributed by atoms with Gasteiger partial charge in [0.25, 0.3) is 5.91 Å². The van der Waals surface area contributed by atoms with Crippen molar-refractivity contribution in [1.82, 2.24) is 15.2 Å². The van der Waals surface area contributed by atoms with Gasteiger partial charge < -0.3 is 10.4 Å². The molecule has 6 nitrogen and oxygen atoms in total. The fourth-order valence-corrected chi connectivity index (χ4v) is 4.50. The number of alkyl halides is 3. The number of hydrogen-bond donors (Lipinski definition) is 2. The number of carboxylic acid groups (broad SMARTS) is 1. The zero-order valence-corrected chi connectivity index (χ0v) is 19.8. The van der Waals surface area contributed by atoms with Crippen molar-refractivity contribution in [2.24, 2.45) is 5.92 Å². The Balaban J connectivity index is 1.45. The SMILES string of the molecule is CC(C)[C@H]1c2ncc(C(=O)NCc3ccc(C(=O)O)cc3)cc2CN1Cc1ccc(C(F)(F)F)cc1. The highest BCUT2D eigenvalue weighted by Crippen LogP contribution is 2.39. The molecule has 1 aromatic heterocycles. The van der Waals surface area contributed by atoms with E-state index in [1.165, 1.54) is 24.3 Å². The summed E-state index contributed by atoms with van der Waals surface area (Å²) < 4.78 is 38.7. The molecule has 1 atom stereocenters. The maximum absolute atomic E-state index is 12.9. The van der Waals surface area contributed by atoms with Gasteiger partial charge >= 0.3 is 12.1 Å². The van der Waals surface area contributed by atoms with E-state index in [0.29, 0.717) is 18.7 Å². The second kappa shape index (κ2) is 10.1. The number of amides is 1. The zero-order valence-electron chi connectivity index (χ0n) is 19.8. The standard InChI is InChI=1S/C27H26F3N3O3/c1-16(2)24-23-21(15-33(24)14-18-5-9-22(10-6-18)27(28,29)30)11-20(13-31-23)25(34)32-12-17-3-7-19(8-4-17)26(35)36/h3-11,13,16,24H,12,14-15H2,1-2H3,(H,32,34)(H,35,36)/t24-/m0/s1. The van der Waals surface area contributed by atoms with E-state index < -0.39 is 17.7 Å². The highest BCUT2D eigenvalue weighted by atomic mass is 19.4. The first kappa shape index (κ1) is 25.4. The fourth-order valence-electron chi connectivity index (χ4n) is 4.50. The van der Waals surface area contributed by atoms with E-state index in [9.17, 15) is 22.8 Å². The van der Waals surface area contributed by atoms with E-state index in [0.717, 1.165) is 34.5 Å². The van der Waals surface area contributed by atoms with Gasteiger partial charge in [-0.05, 0) is 52.9 Å². The van der Waals surface area contributed by atoms with Crippen LogP contribution in [0.2, 0.25) is 0 Å². The van der Waals surface area contributed by atoms with Crippen LogP contribution in [-0.4, -0.2) is 26.9 Å². The summed E-state index contributed by atoms with van der Waals surface area (Å²) in [6.45, 7) is 5.37. The summed E-state index contributed by atoms with van der Waals surface area (Å²) in [5, 5.41) is 11.8. The molecule has 0 radical (unpaired) electrons. The number of carbonyl (C=O) groups excluding carboxylic acids is 1. The zero-order chi connectivity index (χ0) is 26.0. The molecule has 2 N–H and O–H groups in total. The van der Waals surface area contributed by atoms with Crippen molar-refractivity contribution in [1.29, 1.82) is 0 Å². The predicted molar refractivity (Wildman–Crippen MR) is 127 cm³/mol. The quantitative estimate of drug-likeness (QED) is 0.454. The number of fused-ring (bicyclic) bond motifs is 1. The van der Waals surface area contributed by atoms with Gasteiger partial charge in [-0.1, -0.05) is 38.1 Å². The molecule has 188 valence electrons. The molecule has 1 amide bonds. The first-order valence-electron chi connectivity index (χ1n) is 11.5. The van der Waals surface area contributed by atoms with Crippen molar-refractivity contribution in [2.75, 3.05) is 0 Å². The maximum atomic E-state index is 12.9. The van der Waals surface area contributed by atoms with Crippen molar-refractivity contribution < 1.29 is 27.9 Å². The fraction of sp³-hybridized carbons (Fsp3) is 0.296. The summed E-state index contributed by atoms with van der Waals surface area (Å²) in [5.74, 6) is -1.10. The Morgan fingerprint density at radius 1 is 1.06 bits per heavy atom. The Bertz CT molecular complexity index is 1260. The van der Waals surface area contributed by atoms with Gasteiger partial charge in [0.15, 0.2) is 0 Å². The summed E-state index contributed by atoms with van der Waals surface area (Å²) in [6, 6.07) is 13.2. The second-order valence-electron chi connectivity index (χ2n) is 9.24. The van der Waals surface area contributed by atoms with Crippen LogP contribution < -0.4 is 5.32 Å². The van der Waals surface area contributed by atoms with Gasteiger partial charge in [-0.25, -0.2) is 4.79 Å². The summed E-state index contributed by atoms with van der Waals surface area (Å²) in [4.78, 5) is 30.5. The number of aromatic carboxylic acids is 1. The van der Waals surface area contributed by atoms with Crippen molar-refractivity contribution >= 4 is 11.9 Å². The number of benzene rings is 2. The largest absolute Gasteiger partial charge is 0.478 e. The van der Waals surface area contributed by atoms with Crippen LogP contribution in [0.4, 0.5) is 13.2 Å². The van der Waals surface area contributed by atoms with Gasteiger partial charge in [0, 0.05) is 25.8 Å². The molecule has 0 fully saturated rings. The third-order valence-electron chi connectivity index (χ3n) is 6.26. The molecule has 2 heterocycles. The first-order chi connectivity index (χ1) is 17.0. The minimum Gasteiger partial charge on any atom is -0.478 e. The summed E-state index contributed by atoms with van der Waals surface area (Å²) in [6.07, 6.45) is -2.83. The molecule has 1 aliphatic rings. The molecule has 1 aliphatic heterocycles. The molecule has 0 bridgehead atoms. The number of nitrogens with zero attached hydrogens (tertiary/aromatic N) is 2. The van der Waals surface area contributed by atoms with Crippen molar-refractivity contribution in [3.8, 4) is 0 Å². The van der Waals surface area contributed by atoms with Gasteiger partial charge in [0.05, 0.1) is 28.4 Å². The summed E-state index contributed by atoms with van der Waals surface area (Å²) >= 11 is 0. The summed E-state index contributed by atoms with van der Waals surface area (Å²) in [5.41, 5.74) is 3.24. The van der Waals surface area contributed by atoms with E-state index >= 15 is 0 Å². The minimum absolute atomic E-state index is 0.0212. The molecule has 0 aliphatic carbocycles. The number of aromatic nitrogens is 1. The van der Waals surface area contributed by atoms with Gasteiger partial charge in [-0.2, -0.15) is 13.2 Å². The predicted octanol–water partition coefficient (Wildman–Crippen LogP) is 5.44. The lowest BCUT2D eigenvalue weighted by molar-refractivity contribution is -0.137. The lowest BCUT2D eigenvalue weighted by Gasteiger charge is -2.27. The van der Waals surface area contributed by atoms with Crippen molar-refractivity contribution in [2.45, 2.75) is 45.7 Å². The molecule has 0 saturated heterocycles. The van der Waals surface area contributed by atoms with Gasteiger partial charge in [0.2, 0.25) is 0 Å². The van der Waals surface area contributed by atoms with Crippen LogP contribution in [0.25, 0.3) is 0 Å². The average molecular weight is 498 g/mol. The van der Waals surface area contributed by atoms with Gasteiger partial charge in [-0.3, -0.25) is 14.7 Å². The summed E-state index contributed by atoms with van der Waals surface area (Å²) in [7, 11) is 0. The van der Waals surface area contributed by atoms with Crippen LogP contribution in [0.5, 0.6) is 0 Å². The van der Waals surface area contributed by atoms with Crippen LogP contribution in [0.3, 0.4) is 0 Å². The Labute approximate surface area is 206 Å². The Hall–Kier alpha value is -3.72. The van der Waals surface area contributed by atoms with E-state index in [1.807, 2.05) is 6.07 Å². The van der Waals surface area contributed by atoms with E-state index in [2.05, 4.69) is 29.0 Å². The highest BCUT2D eigenvalue weighted by molar-refractivity contribution is 5.94. The second-order valence-corrected chi connectivity index (χ2v) is 9.24. The Morgan fingerprint density at radius 3 is 2.28 bits per heavy atom. The maximum Gasteiger partial charge on any atom is 0.416 e. The molecular weight excluding hydrogens is 471 g/mol. The van der Waals surface area contributed by atoms with Crippen LogP contribution in [0.15, 0.2) is 60.8 Å². The van der Waals surface area contributed by atoms with Crippen LogP contribution in [0, 0.1) is 5.92 Å². The molecule has 3 aromatic rings. The van der Waals surface area contributed by atoms with E-state index in [4.69, 9.17) is 5.11 Å². The third kappa shape index (κ3) is 5.57. The number of carbonyl (C=O) groups is 2. The molecule has 4 rings (SSSR count).